The molecule has 1 unspecified atom stereocenters. The van der Waals surface area contributed by atoms with Gasteiger partial charge >= 0.3 is 0 Å². The SMILES string of the molecule is NC(=O)C1C=Cc2ccccc2N1C(=O)c1ccccc1. The van der Waals surface area contributed by atoms with Gasteiger partial charge in [0.15, 0.2) is 0 Å². The second-order valence-corrected chi connectivity index (χ2v) is 4.81. The molecule has 4 nitrogen and oxygen atoms in total. The number of para-hydroxylation sites is 1. The highest BCUT2D eigenvalue weighted by molar-refractivity contribution is 6.12. The average molecular weight is 278 g/mol. The number of rotatable bonds is 2. The van der Waals surface area contributed by atoms with Crippen molar-refractivity contribution in [2.24, 2.45) is 5.73 Å². The van der Waals surface area contributed by atoms with Crippen LogP contribution in [0.1, 0.15) is 15.9 Å². The first-order valence-corrected chi connectivity index (χ1v) is 6.63. The lowest BCUT2D eigenvalue weighted by atomic mass is 10.0. The first-order valence-electron chi connectivity index (χ1n) is 6.63. The zero-order valence-electron chi connectivity index (χ0n) is 11.3. The Morgan fingerprint density at radius 3 is 2.33 bits per heavy atom. The van der Waals surface area contributed by atoms with Crippen LogP contribution in [0, 0.1) is 0 Å². The normalized spacial score (nSPS) is 16.4. The van der Waals surface area contributed by atoms with Crippen LogP contribution in [0.15, 0.2) is 60.7 Å². The number of benzene rings is 2. The molecule has 0 spiro atoms. The van der Waals surface area contributed by atoms with Crippen molar-refractivity contribution in [2.75, 3.05) is 4.90 Å². The lowest BCUT2D eigenvalue weighted by Crippen LogP contribution is -2.48. The number of nitrogens with two attached hydrogens (primary N) is 1. The molecule has 3 rings (SSSR count). The Morgan fingerprint density at radius 1 is 0.952 bits per heavy atom. The van der Waals surface area contributed by atoms with Gasteiger partial charge in [-0.25, -0.2) is 0 Å². The molecule has 0 bridgehead atoms. The summed E-state index contributed by atoms with van der Waals surface area (Å²) < 4.78 is 0. The highest BCUT2D eigenvalue weighted by Crippen LogP contribution is 2.30. The van der Waals surface area contributed by atoms with Crippen LogP contribution in [0.3, 0.4) is 0 Å². The minimum Gasteiger partial charge on any atom is -0.368 e. The monoisotopic (exact) mass is 278 g/mol. The van der Waals surface area contributed by atoms with E-state index in [2.05, 4.69) is 0 Å². The molecule has 0 radical (unpaired) electrons. The number of amides is 2. The molecule has 2 aromatic rings. The van der Waals surface area contributed by atoms with Crippen molar-refractivity contribution in [3.05, 3.63) is 71.8 Å². The zero-order chi connectivity index (χ0) is 14.8. The summed E-state index contributed by atoms with van der Waals surface area (Å²) in [5.41, 5.74) is 7.55. The third-order valence-electron chi connectivity index (χ3n) is 3.46. The molecule has 104 valence electrons. The molecule has 21 heavy (non-hydrogen) atoms. The predicted octanol–water partition coefficient (Wildman–Crippen LogP) is 2.21. The summed E-state index contributed by atoms with van der Waals surface area (Å²) in [5.74, 6) is -0.791. The number of hydrogen-bond acceptors (Lipinski definition) is 2. The van der Waals surface area contributed by atoms with E-state index in [1.54, 1.807) is 30.3 Å². The Bertz CT molecular complexity index is 723. The van der Waals surface area contributed by atoms with E-state index < -0.39 is 11.9 Å². The summed E-state index contributed by atoms with van der Waals surface area (Å²) in [6, 6.07) is 15.5. The van der Waals surface area contributed by atoms with Crippen LogP contribution < -0.4 is 10.6 Å². The first-order chi connectivity index (χ1) is 10.2. The molecule has 1 aliphatic rings. The van der Waals surface area contributed by atoms with Crippen LogP contribution in [-0.4, -0.2) is 17.9 Å². The molecule has 0 aromatic heterocycles. The molecular weight excluding hydrogens is 264 g/mol. The summed E-state index contributed by atoms with van der Waals surface area (Å²) in [7, 11) is 0. The van der Waals surface area contributed by atoms with Crippen molar-refractivity contribution in [3.63, 3.8) is 0 Å². The van der Waals surface area contributed by atoms with Crippen molar-refractivity contribution < 1.29 is 9.59 Å². The molecular formula is C17H14N2O2. The number of carbonyl (C=O) groups is 2. The molecule has 2 aromatic carbocycles. The van der Waals surface area contributed by atoms with E-state index in [4.69, 9.17) is 5.73 Å². The summed E-state index contributed by atoms with van der Waals surface area (Å²) in [6.45, 7) is 0. The molecule has 0 aliphatic carbocycles. The van der Waals surface area contributed by atoms with Crippen molar-refractivity contribution >= 4 is 23.6 Å². The van der Waals surface area contributed by atoms with Gasteiger partial charge in [-0.3, -0.25) is 14.5 Å². The fraction of sp³-hybridized carbons (Fsp3) is 0.0588. The number of hydrogen-bond donors (Lipinski definition) is 1. The lowest BCUT2D eigenvalue weighted by Gasteiger charge is -2.32. The maximum atomic E-state index is 12.8. The van der Waals surface area contributed by atoms with E-state index in [0.29, 0.717) is 11.3 Å². The number of fused-ring (bicyclic) bond motifs is 1. The second-order valence-electron chi connectivity index (χ2n) is 4.81. The fourth-order valence-corrected chi connectivity index (χ4v) is 2.46. The van der Waals surface area contributed by atoms with E-state index in [9.17, 15) is 9.59 Å². The Kier molecular flexibility index (Phi) is 3.28. The van der Waals surface area contributed by atoms with Gasteiger partial charge in [0.25, 0.3) is 5.91 Å². The third kappa shape index (κ3) is 2.31. The van der Waals surface area contributed by atoms with Crippen LogP contribution in [0.5, 0.6) is 0 Å². The van der Waals surface area contributed by atoms with Crippen LogP contribution in [0.2, 0.25) is 0 Å². The molecule has 2 N–H and O–H groups in total. The Hall–Kier alpha value is -2.88. The topological polar surface area (TPSA) is 63.4 Å². The Morgan fingerprint density at radius 2 is 1.62 bits per heavy atom. The Labute approximate surface area is 122 Å². The number of carbonyl (C=O) groups excluding carboxylic acids is 2. The number of nitrogens with zero attached hydrogens (tertiary/aromatic N) is 1. The molecule has 0 saturated carbocycles. The highest BCUT2D eigenvalue weighted by Gasteiger charge is 2.31. The molecule has 1 heterocycles. The van der Waals surface area contributed by atoms with Gasteiger partial charge in [-0.15, -0.1) is 0 Å². The number of primary amides is 1. The summed E-state index contributed by atoms with van der Waals surface area (Å²) in [4.78, 5) is 25.9. The van der Waals surface area contributed by atoms with Gasteiger partial charge in [0, 0.05) is 5.56 Å². The summed E-state index contributed by atoms with van der Waals surface area (Å²) >= 11 is 0. The van der Waals surface area contributed by atoms with Crippen LogP contribution in [0.25, 0.3) is 6.08 Å². The quantitative estimate of drug-likeness (QED) is 0.915. The first kappa shape index (κ1) is 13.1. The largest absolute Gasteiger partial charge is 0.368 e. The zero-order valence-corrected chi connectivity index (χ0v) is 11.3. The van der Waals surface area contributed by atoms with Gasteiger partial charge in [0.05, 0.1) is 5.69 Å². The third-order valence-corrected chi connectivity index (χ3v) is 3.46. The molecule has 0 fully saturated rings. The van der Waals surface area contributed by atoms with Crippen molar-refractivity contribution in [1.82, 2.24) is 0 Å². The number of anilines is 1. The van der Waals surface area contributed by atoms with Crippen LogP contribution in [-0.2, 0) is 4.79 Å². The van der Waals surface area contributed by atoms with Gasteiger partial charge in [0.1, 0.15) is 6.04 Å². The van der Waals surface area contributed by atoms with Gasteiger partial charge < -0.3 is 5.73 Å². The minimum absolute atomic E-state index is 0.240. The van der Waals surface area contributed by atoms with Crippen molar-refractivity contribution in [3.8, 4) is 0 Å². The van der Waals surface area contributed by atoms with E-state index >= 15 is 0 Å². The maximum Gasteiger partial charge on any atom is 0.259 e. The predicted molar refractivity (Wildman–Crippen MR) is 81.7 cm³/mol. The van der Waals surface area contributed by atoms with Crippen molar-refractivity contribution in [1.29, 1.82) is 0 Å². The van der Waals surface area contributed by atoms with E-state index in [-0.39, 0.29) is 5.91 Å². The molecule has 0 saturated heterocycles. The smallest absolute Gasteiger partial charge is 0.259 e. The molecule has 1 aliphatic heterocycles. The van der Waals surface area contributed by atoms with Crippen LogP contribution >= 0.6 is 0 Å². The van der Waals surface area contributed by atoms with E-state index in [1.165, 1.54) is 4.90 Å². The Balaban J connectivity index is 2.10. The van der Waals surface area contributed by atoms with E-state index in [1.807, 2.05) is 36.4 Å². The lowest BCUT2D eigenvalue weighted by molar-refractivity contribution is -0.118. The highest BCUT2D eigenvalue weighted by atomic mass is 16.2. The van der Waals surface area contributed by atoms with Crippen LogP contribution in [0.4, 0.5) is 5.69 Å². The van der Waals surface area contributed by atoms with Gasteiger partial charge in [-0.1, -0.05) is 48.6 Å². The van der Waals surface area contributed by atoms with E-state index in [0.717, 1.165) is 5.56 Å². The van der Waals surface area contributed by atoms with Crippen molar-refractivity contribution in [2.45, 2.75) is 6.04 Å². The second kappa shape index (κ2) is 5.25. The summed E-state index contributed by atoms with van der Waals surface area (Å²) in [5, 5.41) is 0. The minimum atomic E-state index is -0.771. The average Bonchev–Trinajstić information content (AvgIpc) is 2.53. The maximum absolute atomic E-state index is 12.8. The van der Waals surface area contributed by atoms with Gasteiger partial charge in [-0.2, -0.15) is 0 Å². The van der Waals surface area contributed by atoms with Gasteiger partial charge in [0.2, 0.25) is 5.91 Å². The fourth-order valence-electron chi connectivity index (χ4n) is 2.46. The molecule has 4 heteroatoms. The molecule has 1 atom stereocenters. The standard InChI is InChI=1S/C17H14N2O2/c18-16(20)15-11-10-12-6-4-5-9-14(12)19(15)17(21)13-7-2-1-3-8-13/h1-11,15H,(H2,18,20). The summed E-state index contributed by atoms with van der Waals surface area (Å²) in [6.07, 6.45) is 3.48. The molecule has 2 amide bonds. The van der Waals surface area contributed by atoms with Gasteiger partial charge in [-0.05, 0) is 23.8 Å².